The second-order valence-corrected chi connectivity index (χ2v) is 10.0. The van der Waals surface area contributed by atoms with Gasteiger partial charge in [-0.3, -0.25) is 4.79 Å². The van der Waals surface area contributed by atoms with Crippen molar-refractivity contribution in [2.45, 2.75) is 57.5 Å². The number of fused-ring (bicyclic) bond motifs is 2. The van der Waals surface area contributed by atoms with Crippen LogP contribution in [0.25, 0.3) is 21.3 Å². The van der Waals surface area contributed by atoms with Crippen LogP contribution < -0.4 is 0 Å². The van der Waals surface area contributed by atoms with Gasteiger partial charge in [0.15, 0.2) is 5.65 Å². The van der Waals surface area contributed by atoms with E-state index in [4.69, 9.17) is 9.97 Å². The molecule has 0 unspecified atom stereocenters. The molecule has 3 aromatic heterocycles. The molecule has 7 heteroatoms. The van der Waals surface area contributed by atoms with Gasteiger partial charge >= 0.3 is 0 Å². The fourth-order valence-corrected chi connectivity index (χ4v) is 5.75. The number of benzene rings is 1. The Kier molecular flexibility index (Phi) is 4.35. The van der Waals surface area contributed by atoms with Gasteiger partial charge < -0.3 is 4.90 Å². The summed E-state index contributed by atoms with van der Waals surface area (Å²) >= 11 is 1.71. The lowest BCUT2D eigenvalue weighted by molar-refractivity contribution is 0.0737. The van der Waals surface area contributed by atoms with Gasteiger partial charge in [-0.2, -0.15) is 5.10 Å². The highest BCUT2D eigenvalue weighted by atomic mass is 32.1. The van der Waals surface area contributed by atoms with Crippen molar-refractivity contribution in [3.05, 3.63) is 52.8 Å². The van der Waals surface area contributed by atoms with E-state index in [1.54, 1.807) is 11.3 Å². The first-order chi connectivity index (χ1) is 15.1. The first-order valence-electron chi connectivity index (χ1n) is 11.1. The lowest BCUT2D eigenvalue weighted by atomic mass is 10.1. The van der Waals surface area contributed by atoms with Gasteiger partial charge in [0.2, 0.25) is 0 Å². The van der Waals surface area contributed by atoms with E-state index in [9.17, 15) is 4.79 Å². The largest absolute Gasteiger partial charge is 0.329 e. The van der Waals surface area contributed by atoms with Crippen molar-refractivity contribution in [2.75, 3.05) is 6.54 Å². The van der Waals surface area contributed by atoms with E-state index < -0.39 is 0 Å². The first kappa shape index (κ1) is 18.9. The van der Waals surface area contributed by atoms with Gasteiger partial charge in [0.25, 0.3) is 5.91 Å². The molecule has 1 saturated carbocycles. The molecule has 0 N–H and O–H groups in total. The second-order valence-electron chi connectivity index (χ2n) is 8.97. The molecule has 1 saturated heterocycles. The number of pyridine rings is 1. The van der Waals surface area contributed by atoms with Crippen LogP contribution in [0.5, 0.6) is 0 Å². The van der Waals surface area contributed by atoms with Crippen molar-refractivity contribution in [3.8, 4) is 0 Å². The Balaban J connectivity index is 1.42. The molecule has 2 fully saturated rings. The van der Waals surface area contributed by atoms with Gasteiger partial charge in [0, 0.05) is 24.2 Å². The van der Waals surface area contributed by atoms with E-state index in [0.29, 0.717) is 5.92 Å². The van der Waals surface area contributed by atoms with Crippen molar-refractivity contribution in [1.82, 2.24) is 24.6 Å². The van der Waals surface area contributed by atoms with Gasteiger partial charge in [-0.05, 0) is 57.7 Å². The molecule has 1 aliphatic carbocycles. The van der Waals surface area contributed by atoms with Crippen LogP contribution in [0.15, 0.2) is 36.5 Å². The van der Waals surface area contributed by atoms with Crippen LogP contribution >= 0.6 is 11.3 Å². The number of carbonyl (C=O) groups is 1. The summed E-state index contributed by atoms with van der Waals surface area (Å²) in [5.74, 6) is 0.560. The molecule has 2 aliphatic rings. The van der Waals surface area contributed by atoms with E-state index in [1.807, 2.05) is 40.0 Å². The second kappa shape index (κ2) is 7.12. The van der Waals surface area contributed by atoms with Crippen LogP contribution in [0.4, 0.5) is 0 Å². The maximum atomic E-state index is 13.9. The maximum absolute atomic E-state index is 13.9. The lowest BCUT2D eigenvalue weighted by Crippen LogP contribution is -2.30. The Hall–Kier alpha value is -2.80. The van der Waals surface area contributed by atoms with Crippen LogP contribution in [0.1, 0.15) is 78.6 Å². The fourth-order valence-electron chi connectivity index (χ4n) is 4.63. The minimum atomic E-state index is 0.0395. The zero-order chi connectivity index (χ0) is 21.1. The molecule has 4 aromatic rings. The minimum Gasteiger partial charge on any atom is -0.329 e. The summed E-state index contributed by atoms with van der Waals surface area (Å²) in [6.45, 7) is 4.96. The fraction of sp³-hybridized carbons (Fsp3) is 0.417. The van der Waals surface area contributed by atoms with Crippen LogP contribution in [-0.2, 0) is 0 Å². The number of hydrogen-bond donors (Lipinski definition) is 0. The first-order valence-corrected chi connectivity index (χ1v) is 12.0. The highest BCUT2D eigenvalue weighted by molar-refractivity contribution is 7.18. The molecular weight excluding hydrogens is 406 g/mol. The van der Waals surface area contributed by atoms with Gasteiger partial charge in [0.1, 0.15) is 5.01 Å². The number of carbonyl (C=O) groups excluding carboxylic acids is 1. The molecular formula is C24H25N5OS. The molecule has 158 valence electrons. The highest BCUT2D eigenvalue weighted by Gasteiger charge is 2.35. The quantitative estimate of drug-likeness (QED) is 0.429. The van der Waals surface area contributed by atoms with Gasteiger partial charge in [0.05, 0.1) is 33.4 Å². The predicted octanol–water partition coefficient (Wildman–Crippen LogP) is 5.48. The van der Waals surface area contributed by atoms with E-state index >= 15 is 0 Å². The Morgan fingerprint density at radius 2 is 2.00 bits per heavy atom. The van der Waals surface area contributed by atoms with Crippen molar-refractivity contribution in [2.24, 2.45) is 0 Å². The normalized spacial score (nSPS) is 19.2. The molecule has 6 rings (SSSR count). The van der Waals surface area contributed by atoms with Crippen LogP contribution in [0, 0.1) is 0 Å². The van der Waals surface area contributed by atoms with Crippen molar-refractivity contribution >= 4 is 38.5 Å². The summed E-state index contributed by atoms with van der Waals surface area (Å²) in [5, 5.41) is 6.46. The number of para-hydroxylation sites is 1. The highest BCUT2D eigenvalue weighted by Crippen LogP contribution is 2.42. The number of rotatable bonds is 4. The third kappa shape index (κ3) is 3.14. The molecule has 1 amide bonds. The predicted molar refractivity (Wildman–Crippen MR) is 123 cm³/mol. The van der Waals surface area contributed by atoms with Crippen LogP contribution in [-0.4, -0.2) is 37.1 Å². The molecule has 0 radical (unpaired) electrons. The van der Waals surface area contributed by atoms with Crippen LogP contribution in [0.3, 0.4) is 0 Å². The molecule has 1 aromatic carbocycles. The standard InChI is InChI=1S/C24H25N5OS/c1-14(2)29-22-17(13-25-29)16(12-19(26-22)15-9-10-15)24(30)28-11-5-7-20(28)23-27-18-6-3-4-8-21(18)31-23/h3-4,6,8,12-15,20H,5,7,9-11H2,1-2H3/t20-/m1/s1. The number of aromatic nitrogens is 4. The molecule has 1 aliphatic heterocycles. The smallest absolute Gasteiger partial charge is 0.255 e. The zero-order valence-corrected chi connectivity index (χ0v) is 18.6. The molecule has 4 heterocycles. The van der Waals surface area contributed by atoms with E-state index in [0.717, 1.165) is 65.0 Å². The van der Waals surface area contributed by atoms with Crippen molar-refractivity contribution in [1.29, 1.82) is 0 Å². The van der Waals surface area contributed by atoms with E-state index in [2.05, 4.69) is 25.0 Å². The molecule has 31 heavy (non-hydrogen) atoms. The Morgan fingerprint density at radius 1 is 1.16 bits per heavy atom. The van der Waals surface area contributed by atoms with Gasteiger partial charge in [-0.15, -0.1) is 11.3 Å². The van der Waals surface area contributed by atoms with Crippen molar-refractivity contribution in [3.63, 3.8) is 0 Å². The number of likely N-dealkylation sites (tertiary alicyclic amines) is 1. The minimum absolute atomic E-state index is 0.0395. The average molecular weight is 432 g/mol. The average Bonchev–Trinajstić information content (AvgIpc) is 3.17. The SMILES string of the molecule is CC(C)n1ncc2c(C(=O)N3CCC[C@@H]3c3nc4ccccc4s3)cc(C3CC3)nc21. The van der Waals surface area contributed by atoms with Gasteiger partial charge in [-0.25, -0.2) is 14.6 Å². The van der Waals surface area contributed by atoms with E-state index in [1.165, 1.54) is 4.70 Å². The van der Waals surface area contributed by atoms with Crippen LogP contribution in [0.2, 0.25) is 0 Å². The Bertz CT molecular complexity index is 1270. The number of hydrogen-bond acceptors (Lipinski definition) is 5. The number of thiazole rings is 1. The summed E-state index contributed by atoms with van der Waals surface area (Å²) in [7, 11) is 0. The number of nitrogens with zero attached hydrogens (tertiary/aromatic N) is 5. The monoisotopic (exact) mass is 431 g/mol. The summed E-state index contributed by atoms with van der Waals surface area (Å²) in [4.78, 5) is 25.7. The number of amides is 1. The molecule has 1 atom stereocenters. The summed E-state index contributed by atoms with van der Waals surface area (Å²) in [6.07, 6.45) is 6.08. The summed E-state index contributed by atoms with van der Waals surface area (Å²) in [5.41, 5.74) is 3.63. The third-order valence-corrected chi connectivity index (χ3v) is 7.55. The van der Waals surface area contributed by atoms with Gasteiger partial charge in [-0.1, -0.05) is 12.1 Å². The van der Waals surface area contributed by atoms with Crippen molar-refractivity contribution < 1.29 is 4.79 Å². The maximum Gasteiger partial charge on any atom is 0.255 e. The topological polar surface area (TPSA) is 63.9 Å². The summed E-state index contributed by atoms with van der Waals surface area (Å²) in [6, 6.07) is 10.5. The lowest BCUT2D eigenvalue weighted by Gasteiger charge is -2.23. The zero-order valence-electron chi connectivity index (χ0n) is 17.8. The van der Waals surface area contributed by atoms with E-state index in [-0.39, 0.29) is 18.0 Å². The Labute approximate surface area is 184 Å². The molecule has 0 bridgehead atoms. The third-order valence-electron chi connectivity index (χ3n) is 6.41. The summed E-state index contributed by atoms with van der Waals surface area (Å²) < 4.78 is 3.12. The Morgan fingerprint density at radius 3 is 2.77 bits per heavy atom. The molecule has 0 spiro atoms. The molecule has 6 nitrogen and oxygen atoms in total.